The van der Waals surface area contributed by atoms with Crippen molar-refractivity contribution in [3.8, 4) is 17.2 Å². The molecule has 4 aromatic rings. The lowest BCUT2D eigenvalue weighted by molar-refractivity contribution is 0.728. The first-order valence-electron chi connectivity index (χ1n) is 10.6. The van der Waals surface area contributed by atoms with Crippen LogP contribution in [0.5, 0.6) is 0 Å². The molecule has 4 rings (SSSR count). The van der Waals surface area contributed by atoms with E-state index in [2.05, 4.69) is 76.8 Å². The van der Waals surface area contributed by atoms with Crippen molar-refractivity contribution in [3.05, 3.63) is 113 Å². The van der Waals surface area contributed by atoms with Crippen molar-refractivity contribution in [3.63, 3.8) is 0 Å². The highest BCUT2D eigenvalue weighted by Gasteiger charge is 2.07. The number of nitriles is 1. The lowest BCUT2D eigenvalue weighted by Crippen LogP contribution is -2.12. The fraction of sp³-hybridized carbons (Fsp3) is 0.185. The second-order valence-electron chi connectivity index (χ2n) is 7.65. The van der Waals surface area contributed by atoms with Gasteiger partial charge in [-0.25, -0.2) is 4.98 Å². The summed E-state index contributed by atoms with van der Waals surface area (Å²) in [6, 6.07) is 27.2. The largest absolute Gasteiger partial charge is 0.345 e. The van der Waals surface area contributed by atoms with Crippen LogP contribution in [-0.4, -0.2) is 16.5 Å². The van der Waals surface area contributed by atoms with Crippen molar-refractivity contribution in [1.29, 1.82) is 5.26 Å². The molecule has 0 atom stereocenters. The van der Waals surface area contributed by atoms with Gasteiger partial charge in [0.05, 0.1) is 11.6 Å². The van der Waals surface area contributed by atoms with Crippen LogP contribution in [0.4, 0.5) is 0 Å². The Kier molecular flexibility index (Phi) is 6.56. The van der Waals surface area contributed by atoms with Gasteiger partial charge in [-0.3, -0.25) is 0 Å². The smallest absolute Gasteiger partial charge is 0.110 e. The van der Waals surface area contributed by atoms with E-state index in [0.29, 0.717) is 5.56 Å². The SMILES string of the molecule is CCNCc1ccccc1-c1ccc(Cc2ncc(Cc3ccc(C#N)cc3)[nH]2)cc1. The van der Waals surface area contributed by atoms with Crippen LogP contribution >= 0.6 is 0 Å². The molecule has 2 N–H and O–H groups in total. The molecule has 1 heterocycles. The third-order valence-corrected chi connectivity index (χ3v) is 5.38. The van der Waals surface area contributed by atoms with E-state index >= 15 is 0 Å². The van der Waals surface area contributed by atoms with Crippen LogP contribution < -0.4 is 5.32 Å². The molecule has 4 nitrogen and oxygen atoms in total. The predicted octanol–water partition coefficient (Wildman–Crippen LogP) is 5.24. The zero-order chi connectivity index (χ0) is 21.5. The summed E-state index contributed by atoms with van der Waals surface area (Å²) in [6.07, 6.45) is 3.45. The van der Waals surface area contributed by atoms with E-state index in [1.807, 2.05) is 30.5 Å². The molecule has 0 aliphatic heterocycles. The number of nitrogens with one attached hydrogen (secondary N) is 2. The molecule has 0 amide bonds. The number of H-pyrrole nitrogens is 1. The zero-order valence-corrected chi connectivity index (χ0v) is 17.7. The van der Waals surface area contributed by atoms with E-state index in [9.17, 15) is 0 Å². The molecule has 0 bridgehead atoms. The van der Waals surface area contributed by atoms with Gasteiger partial charge in [0, 0.05) is 31.3 Å². The first-order valence-corrected chi connectivity index (χ1v) is 10.6. The first kappa shape index (κ1) is 20.6. The van der Waals surface area contributed by atoms with Crippen molar-refractivity contribution >= 4 is 0 Å². The van der Waals surface area contributed by atoms with Gasteiger partial charge in [-0.2, -0.15) is 5.26 Å². The Morgan fingerprint density at radius 2 is 1.61 bits per heavy atom. The fourth-order valence-electron chi connectivity index (χ4n) is 3.71. The summed E-state index contributed by atoms with van der Waals surface area (Å²) >= 11 is 0. The molecule has 31 heavy (non-hydrogen) atoms. The molecule has 1 aromatic heterocycles. The molecular weight excluding hydrogens is 380 g/mol. The molecular formula is C27H26N4. The molecule has 0 spiro atoms. The van der Waals surface area contributed by atoms with Crippen LogP contribution in [0.15, 0.2) is 79.0 Å². The van der Waals surface area contributed by atoms with Crippen molar-refractivity contribution < 1.29 is 0 Å². The van der Waals surface area contributed by atoms with Crippen LogP contribution in [0.25, 0.3) is 11.1 Å². The normalized spacial score (nSPS) is 10.7. The van der Waals surface area contributed by atoms with Crippen LogP contribution in [0.2, 0.25) is 0 Å². The molecule has 154 valence electrons. The summed E-state index contributed by atoms with van der Waals surface area (Å²) in [6.45, 7) is 3.97. The standard InChI is InChI=1S/C27H26N4/c1-2-29-18-24-5-3-4-6-26(24)23-13-11-21(12-14-23)16-27-30-19-25(31-27)15-20-7-9-22(17-28)10-8-20/h3-14,19,29H,2,15-16,18H2,1H3,(H,30,31). The van der Waals surface area contributed by atoms with Gasteiger partial charge in [0.15, 0.2) is 0 Å². The van der Waals surface area contributed by atoms with E-state index in [4.69, 9.17) is 5.26 Å². The van der Waals surface area contributed by atoms with E-state index in [1.165, 1.54) is 22.3 Å². The zero-order valence-electron chi connectivity index (χ0n) is 17.7. The van der Waals surface area contributed by atoms with Crippen LogP contribution in [0.1, 0.15) is 40.7 Å². The number of aromatic nitrogens is 2. The van der Waals surface area contributed by atoms with Crippen molar-refractivity contribution in [2.75, 3.05) is 6.54 Å². The van der Waals surface area contributed by atoms with E-state index < -0.39 is 0 Å². The third-order valence-electron chi connectivity index (χ3n) is 5.38. The van der Waals surface area contributed by atoms with Gasteiger partial charge in [0.25, 0.3) is 0 Å². The fourth-order valence-corrected chi connectivity index (χ4v) is 3.71. The maximum absolute atomic E-state index is 8.92. The minimum atomic E-state index is 0.682. The van der Waals surface area contributed by atoms with Gasteiger partial charge in [0.2, 0.25) is 0 Å². The van der Waals surface area contributed by atoms with Crippen molar-refractivity contribution in [2.24, 2.45) is 0 Å². The topological polar surface area (TPSA) is 64.5 Å². The number of hydrogen-bond acceptors (Lipinski definition) is 3. The summed E-state index contributed by atoms with van der Waals surface area (Å²) < 4.78 is 0. The minimum absolute atomic E-state index is 0.682. The van der Waals surface area contributed by atoms with E-state index in [0.717, 1.165) is 43.0 Å². The van der Waals surface area contributed by atoms with Crippen molar-refractivity contribution in [1.82, 2.24) is 15.3 Å². The molecule has 3 aromatic carbocycles. The average Bonchev–Trinajstić information content (AvgIpc) is 3.25. The number of hydrogen-bond donors (Lipinski definition) is 2. The minimum Gasteiger partial charge on any atom is -0.345 e. The summed E-state index contributed by atoms with van der Waals surface area (Å²) in [7, 11) is 0. The molecule has 0 saturated heterocycles. The number of aromatic amines is 1. The van der Waals surface area contributed by atoms with Gasteiger partial charge < -0.3 is 10.3 Å². The highest BCUT2D eigenvalue weighted by molar-refractivity contribution is 5.67. The molecule has 0 radical (unpaired) electrons. The van der Waals surface area contributed by atoms with Gasteiger partial charge in [-0.1, -0.05) is 67.6 Å². The van der Waals surface area contributed by atoms with E-state index in [1.54, 1.807) is 0 Å². The second-order valence-corrected chi connectivity index (χ2v) is 7.65. The quantitative estimate of drug-likeness (QED) is 0.421. The maximum Gasteiger partial charge on any atom is 0.110 e. The lowest BCUT2D eigenvalue weighted by atomic mass is 9.98. The summed E-state index contributed by atoms with van der Waals surface area (Å²) in [5.41, 5.74) is 7.98. The van der Waals surface area contributed by atoms with Crippen molar-refractivity contribution in [2.45, 2.75) is 26.3 Å². The Hall–Kier alpha value is -3.68. The monoisotopic (exact) mass is 406 g/mol. The average molecular weight is 407 g/mol. The number of imidazole rings is 1. The molecule has 0 fully saturated rings. The summed E-state index contributed by atoms with van der Waals surface area (Å²) in [5.74, 6) is 0.962. The van der Waals surface area contributed by atoms with Crippen LogP contribution in [0.3, 0.4) is 0 Å². The lowest BCUT2D eigenvalue weighted by Gasteiger charge is -2.11. The third kappa shape index (κ3) is 5.28. The van der Waals surface area contributed by atoms with Crippen LogP contribution in [0, 0.1) is 11.3 Å². The molecule has 0 saturated carbocycles. The second kappa shape index (κ2) is 9.88. The van der Waals surface area contributed by atoms with E-state index in [-0.39, 0.29) is 0 Å². The number of nitrogens with zero attached hydrogens (tertiary/aromatic N) is 2. The summed E-state index contributed by atoms with van der Waals surface area (Å²) in [4.78, 5) is 7.99. The Labute approximate surface area is 183 Å². The highest BCUT2D eigenvalue weighted by Crippen LogP contribution is 2.24. The maximum atomic E-state index is 8.92. The highest BCUT2D eigenvalue weighted by atomic mass is 14.9. The molecule has 0 aliphatic rings. The molecule has 0 unspecified atom stereocenters. The Bertz CT molecular complexity index is 1170. The van der Waals surface area contributed by atoms with Gasteiger partial charge >= 0.3 is 0 Å². The van der Waals surface area contributed by atoms with Gasteiger partial charge in [-0.05, 0) is 46.5 Å². The molecule has 4 heteroatoms. The number of rotatable bonds is 8. The Morgan fingerprint density at radius 1 is 0.903 bits per heavy atom. The first-order chi connectivity index (χ1) is 15.2. The van der Waals surface area contributed by atoms with Gasteiger partial charge in [0.1, 0.15) is 5.82 Å². The predicted molar refractivity (Wildman–Crippen MR) is 125 cm³/mol. The van der Waals surface area contributed by atoms with Crippen LogP contribution in [-0.2, 0) is 19.4 Å². The summed E-state index contributed by atoms with van der Waals surface area (Å²) in [5, 5.41) is 12.3. The molecule has 0 aliphatic carbocycles. The number of benzene rings is 3. The Balaban J connectivity index is 1.42. The van der Waals surface area contributed by atoms with Gasteiger partial charge in [-0.15, -0.1) is 0 Å². The Morgan fingerprint density at radius 3 is 2.35 bits per heavy atom.